The highest BCUT2D eigenvalue weighted by molar-refractivity contribution is 5.94. The summed E-state index contributed by atoms with van der Waals surface area (Å²) in [5, 5.41) is 3.12. The number of rotatable bonds is 2. The number of amides is 1. The average molecular weight is 272 g/mol. The number of carbonyl (C=O) groups is 1. The molecule has 6 heteroatoms. The second-order valence-electron chi connectivity index (χ2n) is 4.61. The molecule has 1 N–H and O–H groups in total. The van der Waals surface area contributed by atoms with Crippen LogP contribution in [-0.2, 0) is 0 Å². The van der Waals surface area contributed by atoms with Crippen LogP contribution in [0, 0.1) is 17.5 Å². The Balaban J connectivity index is 2.12. The van der Waals surface area contributed by atoms with Crippen molar-refractivity contribution in [1.82, 2.24) is 10.2 Å². The van der Waals surface area contributed by atoms with Gasteiger partial charge >= 0.3 is 0 Å². The van der Waals surface area contributed by atoms with E-state index in [0.29, 0.717) is 19.1 Å². The zero-order chi connectivity index (χ0) is 14.0. The first-order valence-electron chi connectivity index (χ1n) is 6.14. The predicted molar refractivity (Wildman–Crippen MR) is 64.3 cm³/mol. The second kappa shape index (κ2) is 5.61. The monoisotopic (exact) mass is 272 g/mol. The molecule has 1 aromatic carbocycles. The molecule has 0 unspecified atom stereocenters. The van der Waals surface area contributed by atoms with Crippen LogP contribution < -0.4 is 5.32 Å². The van der Waals surface area contributed by atoms with Crippen LogP contribution in [0.2, 0.25) is 0 Å². The Labute approximate surface area is 109 Å². The van der Waals surface area contributed by atoms with Crippen molar-refractivity contribution < 1.29 is 18.0 Å². The van der Waals surface area contributed by atoms with Gasteiger partial charge in [0.15, 0.2) is 17.5 Å². The van der Waals surface area contributed by atoms with E-state index in [1.54, 1.807) is 0 Å². The minimum absolute atomic E-state index is 0.153. The Kier molecular flexibility index (Phi) is 4.09. The SMILES string of the molecule is CNC1CCN(C(=O)c2cc(F)c(F)c(F)c2)CC1. The zero-order valence-electron chi connectivity index (χ0n) is 10.5. The normalized spacial score (nSPS) is 16.7. The molecule has 2 rings (SSSR count). The molecule has 3 nitrogen and oxygen atoms in total. The van der Waals surface area contributed by atoms with E-state index < -0.39 is 23.4 Å². The molecule has 0 spiro atoms. The highest BCUT2D eigenvalue weighted by Crippen LogP contribution is 2.18. The lowest BCUT2D eigenvalue weighted by atomic mass is 10.0. The van der Waals surface area contributed by atoms with Crippen molar-refractivity contribution in [2.45, 2.75) is 18.9 Å². The molecule has 0 atom stereocenters. The van der Waals surface area contributed by atoms with Crippen LogP contribution in [0.15, 0.2) is 12.1 Å². The molecule has 1 aromatic rings. The minimum atomic E-state index is -1.55. The molecule has 1 aliphatic heterocycles. The molecule has 1 heterocycles. The van der Waals surface area contributed by atoms with Crippen LogP contribution in [0.3, 0.4) is 0 Å². The predicted octanol–water partition coefficient (Wildman–Crippen LogP) is 1.93. The van der Waals surface area contributed by atoms with Crippen LogP contribution in [-0.4, -0.2) is 37.0 Å². The summed E-state index contributed by atoms with van der Waals surface area (Å²) in [4.78, 5) is 13.6. The summed E-state index contributed by atoms with van der Waals surface area (Å²) in [5.41, 5.74) is -0.153. The van der Waals surface area contributed by atoms with E-state index in [1.807, 2.05) is 7.05 Å². The van der Waals surface area contributed by atoms with Crippen molar-refractivity contribution in [2.75, 3.05) is 20.1 Å². The number of nitrogens with zero attached hydrogens (tertiary/aromatic N) is 1. The molecule has 0 aromatic heterocycles. The fourth-order valence-corrected chi connectivity index (χ4v) is 2.23. The van der Waals surface area contributed by atoms with Gasteiger partial charge in [-0.25, -0.2) is 13.2 Å². The summed E-state index contributed by atoms with van der Waals surface area (Å²) in [5.74, 6) is -4.69. The number of likely N-dealkylation sites (tertiary alicyclic amines) is 1. The highest BCUT2D eigenvalue weighted by atomic mass is 19.2. The summed E-state index contributed by atoms with van der Waals surface area (Å²) in [6.07, 6.45) is 1.57. The Morgan fingerprint density at radius 2 is 1.74 bits per heavy atom. The first-order chi connectivity index (χ1) is 9.02. The molecule has 0 radical (unpaired) electrons. The van der Waals surface area contributed by atoms with Crippen molar-refractivity contribution >= 4 is 5.91 Å². The van der Waals surface area contributed by atoms with Crippen LogP contribution in [0.4, 0.5) is 13.2 Å². The number of benzene rings is 1. The fourth-order valence-electron chi connectivity index (χ4n) is 2.23. The third kappa shape index (κ3) is 2.89. The topological polar surface area (TPSA) is 32.3 Å². The van der Waals surface area contributed by atoms with Gasteiger partial charge in [0.2, 0.25) is 0 Å². The van der Waals surface area contributed by atoms with Crippen LogP contribution in [0.1, 0.15) is 23.2 Å². The van der Waals surface area contributed by atoms with Gasteiger partial charge < -0.3 is 10.2 Å². The average Bonchev–Trinajstić information content (AvgIpc) is 2.43. The third-order valence-corrected chi connectivity index (χ3v) is 3.42. The molecular formula is C13H15F3N2O. The number of hydrogen-bond acceptors (Lipinski definition) is 2. The van der Waals surface area contributed by atoms with Crippen molar-refractivity contribution in [2.24, 2.45) is 0 Å². The van der Waals surface area contributed by atoms with Crippen molar-refractivity contribution in [3.8, 4) is 0 Å². The van der Waals surface area contributed by atoms with Crippen molar-refractivity contribution in [3.05, 3.63) is 35.1 Å². The maximum Gasteiger partial charge on any atom is 0.254 e. The Morgan fingerprint density at radius 3 is 2.21 bits per heavy atom. The summed E-state index contributed by atoms with van der Waals surface area (Å²) in [6, 6.07) is 1.83. The summed E-state index contributed by atoms with van der Waals surface area (Å²) in [7, 11) is 1.85. The maximum atomic E-state index is 13.1. The fraction of sp³-hybridized carbons (Fsp3) is 0.462. The quantitative estimate of drug-likeness (QED) is 0.834. The van der Waals surface area contributed by atoms with E-state index >= 15 is 0 Å². The van der Waals surface area contributed by atoms with Gasteiger partial charge in [-0.2, -0.15) is 0 Å². The van der Waals surface area contributed by atoms with E-state index in [2.05, 4.69) is 5.32 Å². The van der Waals surface area contributed by atoms with E-state index in [9.17, 15) is 18.0 Å². The number of piperidine rings is 1. The highest BCUT2D eigenvalue weighted by Gasteiger charge is 2.24. The van der Waals surface area contributed by atoms with E-state index in [4.69, 9.17) is 0 Å². The lowest BCUT2D eigenvalue weighted by Gasteiger charge is -2.31. The molecule has 0 bridgehead atoms. The van der Waals surface area contributed by atoms with Gasteiger partial charge in [-0.15, -0.1) is 0 Å². The number of halogens is 3. The van der Waals surface area contributed by atoms with Gasteiger partial charge in [0.25, 0.3) is 5.91 Å². The van der Waals surface area contributed by atoms with Gasteiger partial charge in [-0.05, 0) is 32.0 Å². The van der Waals surface area contributed by atoms with Crippen LogP contribution in [0.25, 0.3) is 0 Å². The van der Waals surface area contributed by atoms with E-state index in [1.165, 1.54) is 4.90 Å². The molecule has 1 aliphatic rings. The minimum Gasteiger partial charge on any atom is -0.339 e. The smallest absolute Gasteiger partial charge is 0.254 e. The first-order valence-corrected chi connectivity index (χ1v) is 6.14. The zero-order valence-corrected chi connectivity index (χ0v) is 10.5. The van der Waals surface area contributed by atoms with Gasteiger partial charge in [-0.1, -0.05) is 0 Å². The molecule has 1 saturated heterocycles. The third-order valence-electron chi connectivity index (χ3n) is 3.42. The second-order valence-corrected chi connectivity index (χ2v) is 4.61. The number of nitrogens with one attached hydrogen (secondary N) is 1. The van der Waals surface area contributed by atoms with Gasteiger partial charge in [-0.3, -0.25) is 4.79 Å². The molecule has 104 valence electrons. The van der Waals surface area contributed by atoms with Crippen LogP contribution >= 0.6 is 0 Å². The molecular weight excluding hydrogens is 257 g/mol. The Hall–Kier alpha value is -1.56. The maximum absolute atomic E-state index is 13.1. The lowest BCUT2D eigenvalue weighted by Crippen LogP contribution is -2.44. The standard InChI is InChI=1S/C13H15F3N2O/c1-17-9-2-4-18(5-3-9)13(19)8-6-10(14)12(16)11(15)7-8/h6-7,9,17H,2-5H2,1H3. The molecule has 0 aliphatic carbocycles. The molecule has 0 saturated carbocycles. The number of carbonyl (C=O) groups excluding carboxylic acids is 1. The van der Waals surface area contributed by atoms with Gasteiger partial charge in [0.1, 0.15) is 0 Å². The van der Waals surface area contributed by atoms with Crippen LogP contribution in [0.5, 0.6) is 0 Å². The first kappa shape index (κ1) is 13.9. The van der Waals surface area contributed by atoms with Gasteiger partial charge in [0, 0.05) is 24.7 Å². The van der Waals surface area contributed by atoms with Crippen molar-refractivity contribution in [1.29, 1.82) is 0 Å². The molecule has 19 heavy (non-hydrogen) atoms. The largest absolute Gasteiger partial charge is 0.339 e. The summed E-state index contributed by atoms with van der Waals surface area (Å²) < 4.78 is 39.0. The molecule has 1 fully saturated rings. The number of hydrogen-bond donors (Lipinski definition) is 1. The van der Waals surface area contributed by atoms with Crippen molar-refractivity contribution in [3.63, 3.8) is 0 Å². The van der Waals surface area contributed by atoms with E-state index in [0.717, 1.165) is 25.0 Å². The summed E-state index contributed by atoms with van der Waals surface area (Å²) in [6.45, 7) is 1.04. The summed E-state index contributed by atoms with van der Waals surface area (Å²) >= 11 is 0. The van der Waals surface area contributed by atoms with Gasteiger partial charge in [0.05, 0.1) is 0 Å². The van der Waals surface area contributed by atoms with E-state index in [-0.39, 0.29) is 5.56 Å². The Morgan fingerprint density at radius 1 is 1.21 bits per heavy atom. The molecule has 1 amide bonds. The Bertz CT molecular complexity index is 462. The lowest BCUT2D eigenvalue weighted by molar-refractivity contribution is 0.0706.